The number of carbonyl (C=O) groups is 2. The van der Waals surface area contributed by atoms with E-state index in [1.807, 2.05) is 10.3 Å². The van der Waals surface area contributed by atoms with Gasteiger partial charge in [-0.05, 0) is 25.1 Å². The third-order valence-electron chi connectivity index (χ3n) is 5.08. The Hall–Kier alpha value is -3.12. The van der Waals surface area contributed by atoms with Crippen LogP contribution in [0.4, 0.5) is 24.5 Å². The Bertz CT molecular complexity index is 1130. The fraction of sp³-hybridized carbons (Fsp3) is 0.381. The molecule has 0 radical (unpaired) electrons. The van der Waals surface area contributed by atoms with E-state index in [2.05, 4.69) is 10.3 Å². The van der Waals surface area contributed by atoms with Crippen LogP contribution >= 0.6 is 11.3 Å². The number of imidazole rings is 1. The molecule has 4 rings (SSSR count). The van der Waals surface area contributed by atoms with Crippen molar-refractivity contribution in [3.8, 4) is 0 Å². The van der Waals surface area contributed by atoms with Crippen molar-refractivity contribution in [3.63, 3.8) is 0 Å². The smallest absolute Gasteiger partial charge is 0.416 e. The van der Waals surface area contributed by atoms with Gasteiger partial charge in [0.15, 0.2) is 11.1 Å². The number of thiazole rings is 1. The molecular weight excluding hydrogens is 461 g/mol. The average molecular weight is 482 g/mol. The standard InChI is InChI=1S/C21H21F3N4O4S/c1-13(32-18(29)11-15-12-28-6-9-33-20(28)25-15)19(30)26-16-10-14(21(22,23)24)2-3-17(16)27-4-7-31-8-5-27/h2-3,6,9-10,12-13H,4-5,7-8,11H2,1H3,(H,26,30). The topological polar surface area (TPSA) is 85.2 Å². The van der Waals surface area contributed by atoms with Gasteiger partial charge in [-0.25, -0.2) is 4.98 Å². The second-order valence-corrected chi connectivity index (χ2v) is 8.33. The van der Waals surface area contributed by atoms with Gasteiger partial charge in [0, 0.05) is 30.9 Å². The van der Waals surface area contributed by atoms with E-state index in [0.717, 1.165) is 17.1 Å². The van der Waals surface area contributed by atoms with Crippen LogP contribution in [0.3, 0.4) is 0 Å². The van der Waals surface area contributed by atoms with Crippen molar-refractivity contribution in [1.82, 2.24) is 9.38 Å². The zero-order valence-electron chi connectivity index (χ0n) is 17.6. The number of nitrogens with zero attached hydrogens (tertiary/aromatic N) is 3. The molecule has 3 aromatic rings. The highest BCUT2D eigenvalue weighted by atomic mass is 32.1. The lowest BCUT2D eigenvalue weighted by molar-refractivity contribution is -0.152. The van der Waals surface area contributed by atoms with Crippen molar-refractivity contribution < 1.29 is 32.2 Å². The Kier molecular flexibility index (Phi) is 6.56. The predicted molar refractivity (Wildman–Crippen MR) is 115 cm³/mol. The van der Waals surface area contributed by atoms with Crippen molar-refractivity contribution in [2.24, 2.45) is 0 Å². The van der Waals surface area contributed by atoms with E-state index in [1.165, 1.54) is 24.3 Å². The summed E-state index contributed by atoms with van der Waals surface area (Å²) < 4.78 is 52.0. The highest BCUT2D eigenvalue weighted by Gasteiger charge is 2.32. The van der Waals surface area contributed by atoms with Crippen LogP contribution in [0.1, 0.15) is 18.2 Å². The van der Waals surface area contributed by atoms with Crippen LogP contribution in [-0.4, -0.2) is 53.7 Å². The summed E-state index contributed by atoms with van der Waals surface area (Å²) in [6, 6.07) is 3.18. The van der Waals surface area contributed by atoms with E-state index in [9.17, 15) is 22.8 Å². The van der Waals surface area contributed by atoms with Crippen molar-refractivity contribution in [3.05, 3.63) is 47.2 Å². The molecule has 1 N–H and O–H groups in total. The molecule has 176 valence electrons. The maximum atomic E-state index is 13.2. The molecule has 0 saturated carbocycles. The van der Waals surface area contributed by atoms with Gasteiger partial charge in [0.25, 0.3) is 5.91 Å². The Balaban J connectivity index is 1.45. The van der Waals surface area contributed by atoms with Crippen molar-refractivity contribution in [2.45, 2.75) is 25.6 Å². The number of alkyl halides is 3. The highest BCUT2D eigenvalue weighted by Crippen LogP contribution is 2.36. The van der Waals surface area contributed by atoms with Crippen molar-refractivity contribution in [1.29, 1.82) is 0 Å². The van der Waals surface area contributed by atoms with Gasteiger partial charge in [-0.15, -0.1) is 11.3 Å². The molecule has 0 bridgehead atoms. The maximum Gasteiger partial charge on any atom is 0.416 e. The molecule has 1 aliphatic heterocycles. The van der Waals surface area contributed by atoms with E-state index in [0.29, 0.717) is 37.7 Å². The summed E-state index contributed by atoms with van der Waals surface area (Å²) in [6.07, 6.45) is -2.42. The number of nitrogens with one attached hydrogen (secondary N) is 1. The van der Waals surface area contributed by atoms with Crippen molar-refractivity contribution in [2.75, 3.05) is 36.5 Å². The zero-order chi connectivity index (χ0) is 23.6. The van der Waals surface area contributed by atoms with E-state index in [1.54, 1.807) is 16.8 Å². The monoisotopic (exact) mass is 482 g/mol. The summed E-state index contributed by atoms with van der Waals surface area (Å²) in [5.74, 6) is -1.40. The largest absolute Gasteiger partial charge is 0.452 e. The van der Waals surface area contributed by atoms with Crippen LogP contribution in [0.15, 0.2) is 36.0 Å². The molecule has 1 atom stereocenters. The third kappa shape index (κ3) is 5.45. The minimum absolute atomic E-state index is 0.00559. The first-order valence-corrected chi connectivity index (χ1v) is 11.0. The number of rotatable bonds is 6. The first-order chi connectivity index (χ1) is 15.7. The predicted octanol–water partition coefficient (Wildman–Crippen LogP) is 3.36. The van der Waals surface area contributed by atoms with E-state index < -0.39 is 29.7 Å². The van der Waals surface area contributed by atoms with Gasteiger partial charge in [0.05, 0.1) is 42.3 Å². The first-order valence-electron chi connectivity index (χ1n) is 10.2. The molecule has 1 amide bonds. The minimum atomic E-state index is -4.57. The Labute approximate surface area is 190 Å². The third-order valence-corrected chi connectivity index (χ3v) is 5.85. The summed E-state index contributed by atoms with van der Waals surface area (Å²) in [7, 11) is 0. The molecule has 1 fully saturated rings. The van der Waals surface area contributed by atoms with Crippen LogP contribution in [-0.2, 0) is 31.7 Å². The maximum absolute atomic E-state index is 13.2. The minimum Gasteiger partial charge on any atom is -0.452 e. The fourth-order valence-corrected chi connectivity index (χ4v) is 4.15. The van der Waals surface area contributed by atoms with Gasteiger partial charge < -0.3 is 19.7 Å². The summed E-state index contributed by atoms with van der Waals surface area (Å²) >= 11 is 1.41. The number of amides is 1. The molecule has 0 aliphatic carbocycles. The number of hydrogen-bond acceptors (Lipinski definition) is 7. The molecule has 1 unspecified atom stereocenters. The van der Waals surface area contributed by atoms with Gasteiger partial charge in [0.2, 0.25) is 0 Å². The average Bonchev–Trinajstić information content (AvgIpc) is 3.35. The van der Waals surface area contributed by atoms with Gasteiger partial charge >= 0.3 is 12.1 Å². The number of fused-ring (bicyclic) bond motifs is 1. The van der Waals surface area contributed by atoms with E-state index in [-0.39, 0.29) is 12.1 Å². The van der Waals surface area contributed by atoms with Crippen LogP contribution in [0.25, 0.3) is 4.96 Å². The summed E-state index contributed by atoms with van der Waals surface area (Å²) in [5.41, 5.74) is 0.0383. The molecule has 33 heavy (non-hydrogen) atoms. The van der Waals surface area contributed by atoms with Crippen LogP contribution in [0.2, 0.25) is 0 Å². The summed E-state index contributed by atoms with van der Waals surface area (Å²) in [4.78, 5) is 31.8. The molecule has 12 heteroatoms. The number of morpholine rings is 1. The second-order valence-electron chi connectivity index (χ2n) is 7.45. The lowest BCUT2D eigenvalue weighted by atomic mass is 10.1. The fourth-order valence-electron chi connectivity index (χ4n) is 3.43. The quantitative estimate of drug-likeness (QED) is 0.543. The van der Waals surface area contributed by atoms with Gasteiger partial charge in [-0.3, -0.25) is 14.0 Å². The molecule has 1 aliphatic rings. The van der Waals surface area contributed by atoms with Gasteiger partial charge in [-0.1, -0.05) is 0 Å². The number of anilines is 2. The lowest BCUT2D eigenvalue weighted by Gasteiger charge is -2.31. The Morgan fingerprint density at radius 1 is 1.30 bits per heavy atom. The lowest BCUT2D eigenvalue weighted by Crippen LogP contribution is -2.37. The van der Waals surface area contributed by atoms with E-state index in [4.69, 9.17) is 9.47 Å². The number of esters is 1. The summed E-state index contributed by atoms with van der Waals surface area (Å²) in [5, 5.41) is 4.35. The number of aromatic nitrogens is 2. The highest BCUT2D eigenvalue weighted by molar-refractivity contribution is 7.15. The zero-order valence-corrected chi connectivity index (χ0v) is 18.4. The SMILES string of the molecule is CC(OC(=O)Cc1cn2ccsc2n1)C(=O)Nc1cc(C(F)(F)F)ccc1N1CCOCC1. The van der Waals surface area contributed by atoms with Gasteiger partial charge in [0.1, 0.15) is 0 Å². The number of carbonyl (C=O) groups excluding carboxylic acids is 2. The number of ether oxygens (including phenoxy) is 2. The molecule has 2 aromatic heterocycles. The van der Waals surface area contributed by atoms with Crippen LogP contribution < -0.4 is 10.2 Å². The molecule has 0 spiro atoms. The number of benzene rings is 1. The van der Waals surface area contributed by atoms with Crippen LogP contribution in [0.5, 0.6) is 0 Å². The molecule has 1 saturated heterocycles. The van der Waals surface area contributed by atoms with Crippen LogP contribution in [0, 0.1) is 0 Å². The molecular formula is C21H21F3N4O4S. The number of hydrogen-bond donors (Lipinski definition) is 1. The van der Waals surface area contributed by atoms with E-state index >= 15 is 0 Å². The Morgan fingerprint density at radius 2 is 2.06 bits per heavy atom. The first kappa shape index (κ1) is 23.1. The number of halogens is 3. The van der Waals surface area contributed by atoms with Gasteiger partial charge in [-0.2, -0.15) is 13.2 Å². The normalized spacial score (nSPS) is 15.5. The summed E-state index contributed by atoms with van der Waals surface area (Å²) in [6.45, 7) is 3.16. The van der Waals surface area contributed by atoms with Crippen molar-refractivity contribution >= 4 is 39.5 Å². The second kappa shape index (κ2) is 9.40. The molecule has 8 nitrogen and oxygen atoms in total. The Morgan fingerprint density at radius 3 is 2.76 bits per heavy atom. The molecule has 1 aromatic carbocycles. The molecule has 3 heterocycles.